The minimum Gasteiger partial charge on any atom is -0.296 e. The molecule has 1 aromatic carbocycles. The van der Waals surface area contributed by atoms with E-state index in [1.807, 2.05) is 34.9 Å². The van der Waals surface area contributed by atoms with E-state index < -0.39 is 0 Å². The molecule has 0 aliphatic carbocycles. The Hall–Kier alpha value is -1.90. The van der Waals surface area contributed by atoms with Gasteiger partial charge in [-0.25, -0.2) is 9.97 Å². The maximum Gasteiger partial charge on any atom is 0.166 e. The van der Waals surface area contributed by atoms with Gasteiger partial charge in [-0.2, -0.15) is 0 Å². The molecule has 61 valence electrons. The number of benzene rings is 1. The number of para-hydroxylation sites is 2. The zero-order chi connectivity index (χ0) is 8.67. The van der Waals surface area contributed by atoms with E-state index in [4.69, 9.17) is 0 Å². The summed E-state index contributed by atoms with van der Waals surface area (Å²) in [4.78, 5) is 8.26. The molecule has 3 rings (SSSR count). The maximum atomic E-state index is 4.36. The molecule has 0 atom stereocenters. The fourth-order valence-electron chi connectivity index (χ4n) is 1.47. The van der Waals surface area contributed by atoms with Gasteiger partial charge in [0.1, 0.15) is 6.20 Å². The largest absolute Gasteiger partial charge is 0.296 e. The van der Waals surface area contributed by atoms with E-state index in [2.05, 4.69) is 16.2 Å². The summed E-state index contributed by atoms with van der Waals surface area (Å²) >= 11 is 0. The molecule has 0 aliphatic rings. The predicted octanol–water partition coefficient (Wildman–Crippen LogP) is 1.68. The second-order valence-electron chi connectivity index (χ2n) is 2.83. The van der Waals surface area contributed by atoms with E-state index in [-0.39, 0.29) is 0 Å². The Morgan fingerprint density at radius 1 is 1.23 bits per heavy atom. The summed E-state index contributed by atoms with van der Waals surface area (Å²) in [5, 5.41) is 0. The lowest BCUT2D eigenvalue weighted by Gasteiger charge is -1.90. The number of imidazole rings is 1. The molecule has 1 radical (unpaired) electrons. The highest BCUT2D eigenvalue weighted by Gasteiger charge is 2.01. The number of hydrogen-bond donors (Lipinski definition) is 0. The Labute approximate surface area is 74.7 Å². The van der Waals surface area contributed by atoms with Crippen LogP contribution in [0.5, 0.6) is 0 Å². The molecule has 0 saturated carbocycles. The minimum atomic E-state index is 0.767. The normalized spacial score (nSPS) is 11.1. The van der Waals surface area contributed by atoms with Gasteiger partial charge in [-0.15, -0.1) is 0 Å². The van der Waals surface area contributed by atoms with Crippen molar-refractivity contribution in [1.82, 2.24) is 14.4 Å². The molecular weight excluding hydrogens is 162 g/mol. The van der Waals surface area contributed by atoms with Gasteiger partial charge in [0.05, 0.1) is 11.0 Å². The lowest BCUT2D eigenvalue weighted by atomic mass is 10.3. The number of fused-ring (bicyclic) bond motifs is 3. The Bertz CT molecular complexity index is 518. The summed E-state index contributed by atoms with van der Waals surface area (Å²) in [6.07, 6.45) is 6.44. The zero-order valence-corrected chi connectivity index (χ0v) is 6.81. The van der Waals surface area contributed by atoms with Crippen LogP contribution < -0.4 is 0 Å². The lowest BCUT2D eigenvalue weighted by molar-refractivity contribution is 1.15. The van der Waals surface area contributed by atoms with Gasteiger partial charge in [0.25, 0.3) is 0 Å². The van der Waals surface area contributed by atoms with Crippen molar-refractivity contribution in [2.45, 2.75) is 0 Å². The van der Waals surface area contributed by atoms with E-state index in [1.165, 1.54) is 0 Å². The molecule has 0 amide bonds. The van der Waals surface area contributed by atoms with Gasteiger partial charge in [0, 0.05) is 12.4 Å². The summed E-state index contributed by atoms with van der Waals surface area (Å²) in [6, 6.07) is 7.98. The standard InChI is InChI=1S/C10H6N3/c1-2-4-9-8(3-1)12-10-7-11-5-6-13(9)10/h1-6H. The Morgan fingerprint density at radius 2 is 2.15 bits per heavy atom. The van der Waals surface area contributed by atoms with Crippen LogP contribution in [0.4, 0.5) is 0 Å². The summed E-state index contributed by atoms with van der Waals surface area (Å²) in [5.41, 5.74) is 2.84. The average Bonchev–Trinajstić information content (AvgIpc) is 2.56. The number of aromatic nitrogens is 3. The van der Waals surface area contributed by atoms with Gasteiger partial charge in [-0.05, 0) is 12.1 Å². The molecule has 2 heterocycles. The van der Waals surface area contributed by atoms with Crippen LogP contribution >= 0.6 is 0 Å². The SMILES string of the molecule is [c]1nccn2c1nc1ccccc12. The fourth-order valence-corrected chi connectivity index (χ4v) is 1.47. The smallest absolute Gasteiger partial charge is 0.166 e. The Morgan fingerprint density at radius 3 is 3.15 bits per heavy atom. The first-order valence-corrected chi connectivity index (χ1v) is 4.05. The highest BCUT2D eigenvalue weighted by atomic mass is 15.0. The van der Waals surface area contributed by atoms with Crippen LogP contribution in [0.15, 0.2) is 36.7 Å². The first-order valence-electron chi connectivity index (χ1n) is 4.05. The van der Waals surface area contributed by atoms with Crippen molar-refractivity contribution in [2.75, 3.05) is 0 Å². The lowest BCUT2D eigenvalue weighted by Crippen LogP contribution is -1.83. The number of nitrogens with zero attached hydrogens (tertiary/aromatic N) is 3. The highest BCUT2D eigenvalue weighted by Crippen LogP contribution is 2.13. The summed E-state index contributed by atoms with van der Waals surface area (Å²) in [6.45, 7) is 0. The fraction of sp³-hybridized carbons (Fsp3) is 0. The average molecular weight is 168 g/mol. The third-order valence-electron chi connectivity index (χ3n) is 2.05. The van der Waals surface area contributed by atoms with Crippen molar-refractivity contribution in [3.63, 3.8) is 0 Å². The molecule has 0 aliphatic heterocycles. The van der Waals surface area contributed by atoms with Crippen molar-refractivity contribution in [3.05, 3.63) is 42.9 Å². The first-order chi connectivity index (χ1) is 6.45. The summed E-state index contributed by atoms with van der Waals surface area (Å²) < 4.78 is 1.97. The molecule has 0 N–H and O–H groups in total. The summed E-state index contributed by atoms with van der Waals surface area (Å²) in [7, 11) is 0. The number of hydrogen-bond acceptors (Lipinski definition) is 2. The second-order valence-corrected chi connectivity index (χ2v) is 2.83. The van der Waals surface area contributed by atoms with Gasteiger partial charge in [0.15, 0.2) is 5.65 Å². The second kappa shape index (κ2) is 2.29. The van der Waals surface area contributed by atoms with E-state index in [0.717, 1.165) is 16.7 Å². The molecule has 3 aromatic rings. The van der Waals surface area contributed by atoms with Crippen LogP contribution in [0.1, 0.15) is 0 Å². The van der Waals surface area contributed by atoms with Crippen LogP contribution in [0.2, 0.25) is 0 Å². The predicted molar refractivity (Wildman–Crippen MR) is 49.3 cm³/mol. The molecule has 0 unspecified atom stereocenters. The summed E-state index contributed by atoms with van der Waals surface area (Å²) in [5.74, 6) is 0. The van der Waals surface area contributed by atoms with Crippen molar-refractivity contribution < 1.29 is 0 Å². The molecule has 0 spiro atoms. The van der Waals surface area contributed by atoms with Crippen LogP contribution in [0.25, 0.3) is 16.7 Å². The van der Waals surface area contributed by atoms with Crippen molar-refractivity contribution in [3.8, 4) is 0 Å². The van der Waals surface area contributed by atoms with E-state index in [0.29, 0.717) is 0 Å². The molecule has 3 nitrogen and oxygen atoms in total. The molecule has 0 saturated heterocycles. The topological polar surface area (TPSA) is 30.2 Å². The Balaban J connectivity index is 2.64. The van der Waals surface area contributed by atoms with Crippen molar-refractivity contribution in [1.29, 1.82) is 0 Å². The third-order valence-corrected chi connectivity index (χ3v) is 2.05. The molecule has 3 heteroatoms. The first kappa shape index (κ1) is 6.60. The van der Waals surface area contributed by atoms with Crippen molar-refractivity contribution in [2.24, 2.45) is 0 Å². The zero-order valence-electron chi connectivity index (χ0n) is 6.81. The van der Waals surface area contributed by atoms with Gasteiger partial charge >= 0.3 is 0 Å². The van der Waals surface area contributed by atoms with Gasteiger partial charge in [0.2, 0.25) is 0 Å². The monoisotopic (exact) mass is 168 g/mol. The molecule has 2 aromatic heterocycles. The van der Waals surface area contributed by atoms with E-state index >= 15 is 0 Å². The van der Waals surface area contributed by atoms with Crippen molar-refractivity contribution >= 4 is 16.7 Å². The molecule has 0 fully saturated rings. The molecular formula is C10H6N3. The highest BCUT2D eigenvalue weighted by molar-refractivity contribution is 5.79. The maximum absolute atomic E-state index is 4.36. The molecule has 13 heavy (non-hydrogen) atoms. The van der Waals surface area contributed by atoms with Gasteiger partial charge < -0.3 is 0 Å². The van der Waals surface area contributed by atoms with Gasteiger partial charge in [-0.1, -0.05) is 12.1 Å². The van der Waals surface area contributed by atoms with Crippen LogP contribution in [0, 0.1) is 6.20 Å². The molecule has 0 bridgehead atoms. The minimum absolute atomic E-state index is 0.767. The number of rotatable bonds is 0. The van der Waals surface area contributed by atoms with Crippen LogP contribution in [-0.2, 0) is 0 Å². The van der Waals surface area contributed by atoms with Crippen LogP contribution in [0.3, 0.4) is 0 Å². The van der Waals surface area contributed by atoms with Crippen LogP contribution in [-0.4, -0.2) is 14.4 Å². The quantitative estimate of drug-likeness (QED) is 0.511. The van der Waals surface area contributed by atoms with E-state index in [9.17, 15) is 0 Å². The van der Waals surface area contributed by atoms with E-state index in [1.54, 1.807) is 6.20 Å². The Kier molecular flexibility index (Phi) is 1.16. The third kappa shape index (κ3) is 0.839. The van der Waals surface area contributed by atoms with Gasteiger partial charge in [-0.3, -0.25) is 4.40 Å².